The maximum absolute atomic E-state index is 13.0. The average molecular weight is 1040 g/mol. The van der Waals surface area contributed by atoms with Gasteiger partial charge in [0.05, 0.1) is 23.5 Å². The smallest absolute Gasteiger partial charge is 0.181 e. The Balaban J connectivity index is 0.000000368. The minimum Gasteiger partial charge on any atom is -0.195 e. The zero-order valence-electron chi connectivity index (χ0n) is 38.6. The predicted octanol–water partition coefficient (Wildman–Crippen LogP) is 22.8. The molecule has 0 aliphatic carbocycles. The van der Waals surface area contributed by atoms with E-state index in [-0.39, 0.29) is 25.7 Å². The first-order chi connectivity index (χ1) is 29.7. The van der Waals surface area contributed by atoms with Gasteiger partial charge in [0.25, 0.3) is 0 Å². The molecule has 0 bridgehead atoms. The van der Waals surface area contributed by atoms with E-state index in [2.05, 4.69) is 17.7 Å². The SMILES string of the molecule is CC.CC.CC.CC.CC.Cc1c(F)sc2ccsc12.Cc1cc2sc(F)c(C)c2s1.Cc1cc2sc(F)cc2s1.Cc1csc2c(C)c(F)sc12.Cc1csc2cc(F)sc12. The average Bonchev–Trinajstić information content (AvgIpc) is 4.18. The van der Waals surface area contributed by atoms with E-state index in [0.717, 1.165) is 63.7 Å². The Bertz CT molecular complexity index is 2680. The Morgan fingerprint density at radius 2 is 0.790 bits per heavy atom. The topological polar surface area (TPSA) is 0 Å². The highest BCUT2D eigenvalue weighted by atomic mass is 32.1. The zero-order chi connectivity index (χ0) is 47.4. The van der Waals surface area contributed by atoms with Gasteiger partial charge in [0.15, 0.2) is 25.7 Å². The van der Waals surface area contributed by atoms with Crippen molar-refractivity contribution in [3.8, 4) is 0 Å². The Labute approximate surface area is 406 Å². The largest absolute Gasteiger partial charge is 0.195 e. The lowest BCUT2D eigenvalue weighted by Gasteiger charge is -1.81. The van der Waals surface area contributed by atoms with Crippen LogP contribution >= 0.6 is 113 Å². The molecule has 0 aliphatic rings. The van der Waals surface area contributed by atoms with Crippen LogP contribution in [0.15, 0.2) is 46.5 Å². The molecule has 0 atom stereocenters. The van der Waals surface area contributed by atoms with Crippen LogP contribution in [-0.4, -0.2) is 0 Å². The molecule has 0 amide bonds. The summed E-state index contributed by atoms with van der Waals surface area (Å²) in [5, 5.41) is 5.86. The summed E-state index contributed by atoms with van der Waals surface area (Å²) in [6, 6.07) is 9.21. The minimum atomic E-state index is -0.0822. The summed E-state index contributed by atoms with van der Waals surface area (Å²) in [5.41, 5.74) is 4.80. The fourth-order valence-corrected chi connectivity index (χ4v) is 15.5. The van der Waals surface area contributed by atoms with Gasteiger partial charge >= 0.3 is 0 Å². The summed E-state index contributed by atoms with van der Waals surface area (Å²) in [4.78, 5) is 2.51. The van der Waals surface area contributed by atoms with Crippen molar-refractivity contribution in [3.05, 3.63) is 110 Å². The molecule has 0 nitrogen and oxygen atoms in total. The molecule has 15 heteroatoms. The van der Waals surface area contributed by atoms with Crippen LogP contribution in [0.1, 0.15) is 107 Å². The Morgan fingerprint density at radius 1 is 0.339 bits per heavy atom. The van der Waals surface area contributed by atoms with Crippen molar-refractivity contribution in [3.63, 3.8) is 0 Å². The number of hydrogen-bond donors (Lipinski definition) is 0. The molecule has 10 rings (SSSR count). The van der Waals surface area contributed by atoms with E-state index < -0.39 is 0 Å². The number of halogens is 5. The van der Waals surface area contributed by atoms with E-state index >= 15 is 0 Å². The van der Waals surface area contributed by atoms with Crippen molar-refractivity contribution >= 4 is 160 Å². The second kappa shape index (κ2) is 29.5. The van der Waals surface area contributed by atoms with Gasteiger partial charge in [-0.2, -0.15) is 22.0 Å². The van der Waals surface area contributed by atoms with E-state index in [1.165, 1.54) is 77.6 Å². The van der Waals surface area contributed by atoms with Gasteiger partial charge in [-0.3, -0.25) is 0 Å². The summed E-state index contributed by atoms with van der Waals surface area (Å²) >= 11 is 14.3. The third kappa shape index (κ3) is 15.5. The first-order valence-electron chi connectivity index (χ1n) is 20.4. The second-order valence-electron chi connectivity index (χ2n) is 11.5. The van der Waals surface area contributed by atoms with Crippen molar-refractivity contribution in [2.45, 2.75) is 118 Å². The molecule has 0 saturated carbocycles. The van der Waals surface area contributed by atoms with Crippen LogP contribution in [0.2, 0.25) is 0 Å². The van der Waals surface area contributed by atoms with Crippen LogP contribution in [0.5, 0.6) is 0 Å². The molecule has 0 radical (unpaired) electrons. The highest BCUT2D eigenvalue weighted by Crippen LogP contribution is 2.38. The summed E-state index contributed by atoms with van der Waals surface area (Å²) in [5.74, 6) is 0. The minimum absolute atomic E-state index is 0.0325. The number of thiophene rings is 10. The number of rotatable bonds is 0. The summed E-state index contributed by atoms with van der Waals surface area (Å²) < 4.78 is 74.7. The normalized spacial score (nSPS) is 9.77. The standard InChI is InChI=1S/2C8H7FS2.3C7H5FS2.5C2H6/c1-4-3-10-7-5(2)8(9)11-6(4)7;1-4-3-6-7(10-4)5(2)8(9)11-6;1-4-3-9-5-2-6(8)10-7(4)5;1-4-2-5-6(9-4)3-7(8)10-5;1-4-6-5(2-3-9-6)10-7(4)8;5*1-2/h2*3H,1-2H3;3*2-3H,1H3;5*1-2H3. The lowest BCUT2D eigenvalue weighted by molar-refractivity contribution is 0.650. The quantitative estimate of drug-likeness (QED) is 0.133. The van der Waals surface area contributed by atoms with Crippen molar-refractivity contribution in [2.24, 2.45) is 0 Å². The lowest BCUT2D eigenvalue weighted by atomic mass is 10.3. The zero-order valence-corrected chi connectivity index (χ0v) is 46.8. The molecule has 0 spiro atoms. The van der Waals surface area contributed by atoms with Gasteiger partial charge in [0, 0.05) is 62.1 Å². The molecule has 10 aromatic rings. The monoisotopic (exact) mass is 1040 g/mol. The first kappa shape index (κ1) is 58.0. The molecule has 342 valence electrons. The van der Waals surface area contributed by atoms with Crippen LogP contribution in [0.25, 0.3) is 47.0 Å². The van der Waals surface area contributed by atoms with Gasteiger partial charge in [-0.05, 0) is 93.9 Å². The highest BCUT2D eigenvalue weighted by molar-refractivity contribution is 7.29. The molecule has 10 heterocycles. The third-order valence-corrected chi connectivity index (χ3v) is 18.9. The molecule has 0 N–H and O–H groups in total. The molecule has 10 aromatic heterocycles. The van der Waals surface area contributed by atoms with E-state index in [9.17, 15) is 22.0 Å². The van der Waals surface area contributed by atoms with Crippen LogP contribution < -0.4 is 0 Å². The van der Waals surface area contributed by atoms with E-state index in [1.807, 2.05) is 134 Å². The van der Waals surface area contributed by atoms with E-state index in [0.29, 0.717) is 0 Å². The lowest BCUT2D eigenvalue weighted by Crippen LogP contribution is -1.65. The van der Waals surface area contributed by atoms with Crippen LogP contribution in [0, 0.1) is 74.1 Å². The van der Waals surface area contributed by atoms with Crippen LogP contribution in [0.4, 0.5) is 22.0 Å². The van der Waals surface area contributed by atoms with Gasteiger partial charge in [-0.1, -0.05) is 69.2 Å². The predicted molar refractivity (Wildman–Crippen MR) is 288 cm³/mol. The fraction of sp³-hybridized carbons (Fsp3) is 0.362. The highest BCUT2D eigenvalue weighted by Gasteiger charge is 2.12. The third-order valence-electron chi connectivity index (χ3n) is 7.55. The van der Waals surface area contributed by atoms with Crippen LogP contribution in [-0.2, 0) is 0 Å². The van der Waals surface area contributed by atoms with Gasteiger partial charge in [0.1, 0.15) is 0 Å². The molecular formula is C47H59F5S10. The molecular weight excluding hydrogens is 980 g/mol. The Hall–Kier alpha value is -2.05. The molecule has 0 aliphatic heterocycles. The van der Waals surface area contributed by atoms with Crippen molar-refractivity contribution < 1.29 is 22.0 Å². The molecule has 62 heavy (non-hydrogen) atoms. The number of hydrogen-bond acceptors (Lipinski definition) is 10. The van der Waals surface area contributed by atoms with Gasteiger partial charge in [0.2, 0.25) is 0 Å². The maximum Gasteiger partial charge on any atom is 0.181 e. The van der Waals surface area contributed by atoms with Crippen LogP contribution in [0.3, 0.4) is 0 Å². The van der Waals surface area contributed by atoms with E-state index in [1.54, 1.807) is 68.8 Å². The Kier molecular flexibility index (Phi) is 27.6. The van der Waals surface area contributed by atoms with Crippen molar-refractivity contribution in [1.82, 2.24) is 0 Å². The molecule has 0 fully saturated rings. The molecule has 0 unspecified atom stereocenters. The van der Waals surface area contributed by atoms with Crippen molar-refractivity contribution in [1.29, 1.82) is 0 Å². The maximum atomic E-state index is 13.0. The van der Waals surface area contributed by atoms with Crippen molar-refractivity contribution in [2.75, 3.05) is 0 Å². The summed E-state index contributed by atoms with van der Waals surface area (Å²) in [7, 11) is 0. The van der Waals surface area contributed by atoms with Gasteiger partial charge in [-0.15, -0.1) is 113 Å². The fourth-order valence-electron chi connectivity index (χ4n) is 4.92. The number of aryl methyl sites for hydroxylation is 7. The number of fused-ring (bicyclic) bond motifs is 5. The van der Waals surface area contributed by atoms with Gasteiger partial charge in [-0.25, -0.2) is 0 Å². The summed E-state index contributed by atoms with van der Waals surface area (Å²) in [6.45, 7) is 33.6. The first-order valence-corrected chi connectivity index (χ1v) is 28.7. The molecule has 0 aromatic carbocycles. The molecule has 0 saturated heterocycles. The summed E-state index contributed by atoms with van der Waals surface area (Å²) in [6.07, 6.45) is 0. The second-order valence-corrected chi connectivity index (χ2v) is 21.8. The van der Waals surface area contributed by atoms with E-state index in [4.69, 9.17) is 0 Å². The van der Waals surface area contributed by atoms with Gasteiger partial charge < -0.3 is 0 Å². The Morgan fingerprint density at radius 3 is 1.34 bits per heavy atom.